The van der Waals surface area contributed by atoms with Gasteiger partial charge in [-0.05, 0) is 55.5 Å². The first-order chi connectivity index (χ1) is 12.0. The number of carboxylic acid groups (broad SMARTS) is 1. The number of amides is 1. The van der Waals surface area contributed by atoms with Gasteiger partial charge in [-0.15, -0.1) is 0 Å². The number of carboxylic acids is 1. The average molecular weight is 339 g/mol. The van der Waals surface area contributed by atoms with E-state index in [1.807, 2.05) is 6.07 Å². The van der Waals surface area contributed by atoms with Crippen LogP contribution in [-0.2, 0) is 4.79 Å². The number of aliphatic carboxylic acids is 1. The van der Waals surface area contributed by atoms with Gasteiger partial charge in [0, 0.05) is 5.69 Å². The fourth-order valence-corrected chi connectivity index (χ4v) is 2.47. The summed E-state index contributed by atoms with van der Waals surface area (Å²) in [4.78, 5) is 23.6. The molecular weight excluding hydrogens is 318 g/mol. The number of rotatable bonds is 7. The Balaban J connectivity index is 1.68. The normalized spacial score (nSPS) is 14.6. The molecule has 3 rings (SSSR count). The molecule has 1 atom stereocenters. The third kappa shape index (κ3) is 4.38. The van der Waals surface area contributed by atoms with Crippen LogP contribution >= 0.6 is 0 Å². The fraction of sp³-hybridized carbons (Fsp3) is 0.300. The van der Waals surface area contributed by atoms with Gasteiger partial charge in [-0.2, -0.15) is 0 Å². The first kappa shape index (κ1) is 17.0. The predicted octanol–water partition coefficient (Wildman–Crippen LogP) is 3.92. The van der Waals surface area contributed by atoms with Crippen LogP contribution in [0.25, 0.3) is 0 Å². The van der Waals surface area contributed by atoms with Crippen molar-refractivity contribution in [2.24, 2.45) is 5.92 Å². The zero-order valence-electron chi connectivity index (χ0n) is 14.1. The molecule has 1 saturated carbocycles. The van der Waals surface area contributed by atoms with Crippen molar-refractivity contribution < 1.29 is 19.4 Å². The predicted molar refractivity (Wildman–Crippen MR) is 95.1 cm³/mol. The second kappa shape index (κ2) is 7.38. The van der Waals surface area contributed by atoms with E-state index in [1.165, 1.54) is 12.8 Å². The summed E-state index contributed by atoms with van der Waals surface area (Å²) in [6.45, 7) is 2.27. The molecule has 0 radical (unpaired) electrons. The van der Waals surface area contributed by atoms with Gasteiger partial charge in [-0.25, -0.2) is 0 Å². The largest absolute Gasteiger partial charge is 0.492 e. The highest BCUT2D eigenvalue weighted by molar-refractivity contribution is 6.06. The fourth-order valence-electron chi connectivity index (χ4n) is 2.47. The molecule has 0 bridgehead atoms. The lowest BCUT2D eigenvalue weighted by Gasteiger charge is -2.12. The van der Waals surface area contributed by atoms with E-state index >= 15 is 0 Å². The smallest absolute Gasteiger partial charge is 0.310 e. The zero-order chi connectivity index (χ0) is 17.8. The van der Waals surface area contributed by atoms with E-state index in [1.54, 1.807) is 49.4 Å². The Bertz CT molecular complexity index is 766. The number of hydrogen-bond donors (Lipinski definition) is 2. The molecule has 130 valence electrons. The summed E-state index contributed by atoms with van der Waals surface area (Å²) in [5.41, 5.74) is 1.80. The summed E-state index contributed by atoms with van der Waals surface area (Å²) in [7, 11) is 0. The molecule has 1 amide bonds. The molecule has 2 aromatic carbocycles. The number of carbonyl (C=O) groups is 2. The number of nitrogens with one attached hydrogen (secondary N) is 1. The van der Waals surface area contributed by atoms with Crippen molar-refractivity contribution in [3.05, 3.63) is 59.7 Å². The van der Waals surface area contributed by atoms with Crippen LogP contribution in [0.4, 0.5) is 5.69 Å². The molecular formula is C20H21NO4. The van der Waals surface area contributed by atoms with E-state index in [2.05, 4.69) is 5.32 Å². The van der Waals surface area contributed by atoms with E-state index in [0.717, 1.165) is 0 Å². The summed E-state index contributed by atoms with van der Waals surface area (Å²) in [5.74, 6) is -0.506. The van der Waals surface area contributed by atoms with Gasteiger partial charge in [0.1, 0.15) is 5.75 Å². The summed E-state index contributed by atoms with van der Waals surface area (Å²) < 4.78 is 5.77. The lowest BCUT2D eigenvalue weighted by Crippen LogP contribution is -2.14. The molecule has 5 nitrogen and oxygen atoms in total. The Morgan fingerprint density at radius 1 is 1.16 bits per heavy atom. The summed E-state index contributed by atoms with van der Waals surface area (Å²) in [5, 5.41) is 11.9. The molecule has 1 aliphatic carbocycles. The third-order valence-corrected chi connectivity index (χ3v) is 4.34. The van der Waals surface area contributed by atoms with E-state index < -0.39 is 11.9 Å². The first-order valence-electron chi connectivity index (χ1n) is 8.40. The number of para-hydroxylation sites is 1. The van der Waals surface area contributed by atoms with Crippen molar-refractivity contribution in [3.63, 3.8) is 0 Å². The zero-order valence-corrected chi connectivity index (χ0v) is 14.1. The molecule has 1 fully saturated rings. The molecule has 2 aromatic rings. The van der Waals surface area contributed by atoms with Crippen molar-refractivity contribution in [1.29, 1.82) is 0 Å². The molecule has 5 heteroatoms. The van der Waals surface area contributed by atoms with Gasteiger partial charge >= 0.3 is 5.97 Å². The van der Waals surface area contributed by atoms with Crippen molar-refractivity contribution in [3.8, 4) is 5.75 Å². The maximum atomic E-state index is 12.5. The minimum atomic E-state index is -0.876. The number of benzene rings is 2. The van der Waals surface area contributed by atoms with Gasteiger partial charge < -0.3 is 15.2 Å². The van der Waals surface area contributed by atoms with Gasteiger partial charge in [0.2, 0.25) is 0 Å². The second-order valence-corrected chi connectivity index (χ2v) is 6.39. The van der Waals surface area contributed by atoms with Crippen LogP contribution in [0.3, 0.4) is 0 Å². The van der Waals surface area contributed by atoms with Gasteiger partial charge in [-0.3, -0.25) is 9.59 Å². The topological polar surface area (TPSA) is 75.6 Å². The third-order valence-electron chi connectivity index (χ3n) is 4.34. The Morgan fingerprint density at radius 3 is 2.48 bits per heavy atom. The summed E-state index contributed by atoms with van der Waals surface area (Å²) in [6, 6.07) is 14.0. The van der Waals surface area contributed by atoms with Crippen LogP contribution in [0, 0.1) is 5.92 Å². The Morgan fingerprint density at radius 2 is 1.84 bits per heavy atom. The molecule has 0 spiro atoms. The highest BCUT2D eigenvalue weighted by atomic mass is 16.5. The van der Waals surface area contributed by atoms with E-state index in [9.17, 15) is 9.59 Å². The van der Waals surface area contributed by atoms with Crippen LogP contribution in [0.1, 0.15) is 41.6 Å². The SMILES string of the molecule is CC(C(=O)O)c1ccc(NC(=O)c2ccccc2OCC2CC2)cc1. The van der Waals surface area contributed by atoms with Crippen LogP contribution in [-0.4, -0.2) is 23.6 Å². The quantitative estimate of drug-likeness (QED) is 0.802. The first-order valence-corrected chi connectivity index (χ1v) is 8.40. The maximum Gasteiger partial charge on any atom is 0.310 e. The summed E-state index contributed by atoms with van der Waals surface area (Å²) >= 11 is 0. The van der Waals surface area contributed by atoms with Crippen LogP contribution in [0.5, 0.6) is 5.75 Å². The molecule has 25 heavy (non-hydrogen) atoms. The van der Waals surface area contributed by atoms with E-state index in [-0.39, 0.29) is 5.91 Å². The molecule has 0 heterocycles. The number of carbonyl (C=O) groups excluding carboxylic acids is 1. The van der Waals surface area contributed by atoms with Crippen LogP contribution in [0.2, 0.25) is 0 Å². The Labute approximate surface area is 146 Å². The molecule has 0 aromatic heterocycles. The van der Waals surface area contributed by atoms with Crippen molar-refractivity contribution >= 4 is 17.6 Å². The van der Waals surface area contributed by atoms with Gasteiger partial charge in [0.25, 0.3) is 5.91 Å². The monoisotopic (exact) mass is 339 g/mol. The molecule has 0 aliphatic heterocycles. The Kier molecular flexibility index (Phi) is 5.03. The van der Waals surface area contributed by atoms with E-state index in [4.69, 9.17) is 9.84 Å². The molecule has 1 aliphatic rings. The minimum absolute atomic E-state index is 0.245. The molecule has 1 unspecified atom stereocenters. The van der Waals surface area contributed by atoms with Crippen molar-refractivity contribution in [2.45, 2.75) is 25.7 Å². The number of hydrogen-bond acceptors (Lipinski definition) is 3. The van der Waals surface area contributed by atoms with Gasteiger partial charge in [0.15, 0.2) is 0 Å². The van der Waals surface area contributed by atoms with Gasteiger partial charge in [-0.1, -0.05) is 24.3 Å². The summed E-state index contributed by atoms with van der Waals surface area (Å²) in [6.07, 6.45) is 2.38. The van der Waals surface area contributed by atoms with Gasteiger partial charge in [0.05, 0.1) is 18.1 Å². The maximum absolute atomic E-state index is 12.5. The average Bonchev–Trinajstić information content (AvgIpc) is 3.44. The van der Waals surface area contributed by atoms with Crippen molar-refractivity contribution in [1.82, 2.24) is 0 Å². The molecule has 0 saturated heterocycles. The van der Waals surface area contributed by atoms with E-state index in [0.29, 0.717) is 35.1 Å². The molecule has 2 N–H and O–H groups in total. The second-order valence-electron chi connectivity index (χ2n) is 6.39. The van der Waals surface area contributed by atoms with Crippen LogP contribution in [0.15, 0.2) is 48.5 Å². The highest BCUT2D eigenvalue weighted by Gasteiger charge is 2.23. The van der Waals surface area contributed by atoms with Crippen LogP contribution < -0.4 is 10.1 Å². The standard InChI is InChI=1S/C20H21NO4/c1-13(20(23)24)15-8-10-16(11-9-15)21-19(22)17-4-2-3-5-18(17)25-12-14-6-7-14/h2-5,8-11,13-14H,6-7,12H2,1H3,(H,21,22)(H,23,24). The Hall–Kier alpha value is -2.82. The lowest BCUT2D eigenvalue weighted by atomic mass is 10.0. The van der Waals surface area contributed by atoms with Crippen molar-refractivity contribution in [2.75, 3.05) is 11.9 Å². The minimum Gasteiger partial charge on any atom is -0.492 e. The number of anilines is 1. The number of ether oxygens (including phenoxy) is 1. The lowest BCUT2D eigenvalue weighted by molar-refractivity contribution is -0.138. The highest BCUT2D eigenvalue weighted by Crippen LogP contribution is 2.30.